The van der Waals surface area contributed by atoms with Crippen LogP contribution in [-0.2, 0) is 0 Å². The molecule has 0 fully saturated rings. The lowest BCUT2D eigenvalue weighted by Gasteiger charge is -2.01. The number of hydrogen-bond acceptors (Lipinski definition) is 0. The minimum Gasteiger partial charge on any atom is -0.308 e. The topological polar surface area (TPSA) is 4.41 Å². The zero-order valence-corrected chi connectivity index (χ0v) is 12.1. The second kappa shape index (κ2) is 3.56. The maximum atomic E-state index is 2.43. The van der Waals surface area contributed by atoms with E-state index in [4.69, 9.17) is 0 Å². The van der Waals surface area contributed by atoms with Gasteiger partial charge in [0, 0.05) is 21.5 Å². The second-order valence-corrected chi connectivity index (χ2v) is 6.03. The summed E-state index contributed by atoms with van der Waals surface area (Å²) in [6.07, 6.45) is 0. The van der Waals surface area contributed by atoms with E-state index in [2.05, 4.69) is 72.8 Å². The minimum atomic E-state index is 1.31. The average Bonchev–Trinajstić information content (AvgIpc) is 2.98. The van der Waals surface area contributed by atoms with Crippen molar-refractivity contribution >= 4 is 38.1 Å². The van der Waals surface area contributed by atoms with Gasteiger partial charge in [-0.2, -0.15) is 0 Å². The average molecular weight is 269 g/mol. The molecule has 21 heavy (non-hydrogen) atoms. The largest absolute Gasteiger partial charge is 0.308 e. The lowest BCUT2D eigenvalue weighted by molar-refractivity contribution is 1.36. The van der Waals surface area contributed by atoms with Crippen molar-refractivity contribution in [1.29, 1.82) is 0 Å². The van der Waals surface area contributed by atoms with Gasteiger partial charge in [-0.15, -0.1) is 0 Å². The van der Waals surface area contributed by atoms with Gasteiger partial charge in [-0.25, -0.2) is 0 Å². The van der Waals surface area contributed by atoms with Gasteiger partial charge in [0.1, 0.15) is 0 Å². The minimum absolute atomic E-state index is 1.31. The second-order valence-electron chi connectivity index (χ2n) is 6.03. The van der Waals surface area contributed by atoms with Crippen LogP contribution in [0.3, 0.4) is 0 Å². The summed E-state index contributed by atoms with van der Waals surface area (Å²) in [4.78, 5) is 0. The first kappa shape index (κ1) is 11.2. The van der Waals surface area contributed by atoms with Gasteiger partial charge >= 0.3 is 0 Å². The zero-order chi connectivity index (χ0) is 14.1. The Bertz CT molecular complexity index is 1140. The summed E-state index contributed by atoms with van der Waals surface area (Å²) in [5.41, 5.74) is 6.69. The Labute approximate surface area is 122 Å². The van der Waals surface area contributed by atoms with E-state index < -0.39 is 0 Å². The molecule has 0 bridgehead atoms. The Morgan fingerprint density at radius 1 is 0.714 bits per heavy atom. The van der Waals surface area contributed by atoms with E-state index in [1.165, 1.54) is 49.2 Å². The van der Waals surface area contributed by atoms with E-state index in [1.807, 2.05) is 0 Å². The molecule has 0 spiro atoms. The fourth-order valence-corrected chi connectivity index (χ4v) is 3.95. The Kier molecular flexibility index (Phi) is 1.89. The van der Waals surface area contributed by atoms with E-state index in [-0.39, 0.29) is 0 Å². The van der Waals surface area contributed by atoms with Crippen molar-refractivity contribution in [3.05, 3.63) is 65.7 Å². The molecule has 0 amide bonds. The Balaban J connectivity index is 2.28. The van der Waals surface area contributed by atoms with Crippen LogP contribution in [0.25, 0.3) is 38.1 Å². The summed E-state index contributed by atoms with van der Waals surface area (Å²) in [5.74, 6) is 0. The summed E-state index contributed by atoms with van der Waals surface area (Å²) in [6, 6.07) is 20.0. The third kappa shape index (κ3) is 1.22. The molecule has 0 aliphatic heterocycles. The van der Waals surface area contributed by atoms with Crippen molar-refractivity contribution in [3.8, 4) is 0 Å². The fourth-order valence-electron chi connectivity index (χ4n) is 3.95. The highest BCUT2D eigenvalue weighted by Crippen LogP contribution is 2.39. The molecule has 0 saturated carbocycles. The van der Waals surface area contributed by atoms with Crippen molar-refractivity contribution in [2.24, 2.45) is 0 Å². The highest BCUT2D eigenvalue weighted by Gasteiger charge is 2.17. The van der Waals surface area contributed by atoms with Crippen molar-refractivity contribution in [3.63, 3.8) is 0 Å². The molecule has 1 heteroatoms. The van der Waals surface area contributed by atoms with Gasteiger partial charge in [-0.05, 0) is 37.6 Å². The lowest BCUT2D eigenvalue weighted by atomic mass is 10.0. The highest BCUT2D eigenvalue weighted by molar-refractivity contribution is 6.23. The van der Waals surface area contributed by atoms with E-state index in [9.17, 15) is 0 Å². The van der Waals surface area contributed by atoms with Gasteiger partial charge in [0.25, 0.3) is 0 Å². The van der Waals surface area contributed by atoms with Crippen LogP contribution >= 0.6 is 0 Å². The quantitative estimate of drug-likeness (QED) is 0.352. The van der Waals surface area contributed by atoms with Crippen LogP contribution in [-0.4, -0.2) is 4.40 Å². The number of pyridine rings is 1. The van der Waals surface area contributed by atoms with Crippen LogP contribution in [0.5, 0.6) is 0 Å². The monoisotopic (exact) mass is 269 g/mol. The van der Waals surface area contributed by atoms with Crippen molar-refractivity contribution < 1.29 is 0 Å². The lowest BCUT2D eigenvalue weighted by Crippen LogP contribution is -1.81. The smallest absolute Gasteiger partial charge is 0.0620 e. The molecule has 0 radical (unpaired) electrons. The van der Waals surface area contributed by atoms with Crippen LogP contribution < -0.4 is 0 Å². The van der Waals surface area contributed by atoms with Crippen LogP contribution in [0.4, 0.5) is 0 Å². The van der Waals surface area contributed by atoms with Crippen molar-refractivity contribution in [2.75, 3.05) is 0 Å². The molecule has 2 aromatic carbocycles. The fraction of sp³-hybridized carbons (Fsp3) is 0.100. The third-order valence-corrected chi connectivity index (χ3v) is 4.66. The molecule has 100 valence electrons. The number of fused-ring (bicyclic) bond motifs is 6. The molecule has 3 heterocycles. The van der Waals surface area contributed by atoms with Crippen LogP contribution in [0.15, 0.2) is 54.6 Å². The summed E-state index contributed by atoms with van der Waals surface area (Å²) in [6.45, 7) is 4.41. The number of rotatable bonds is 0. The SMILES string of the molecule is Cc1cc(C)c2c(c1)c1c3ccccc3c3cccc2n31. The van der Waals surface area contributed by atoms with Crippen LogP contribution in [0.2, 0.25) is 0 Å². The molecular weight excluding hydrogens is 254 g/mol. The number of aromatic nitrogens is 1. The van der Waals surface area contributed by atoms with Crippen LogP contribution in [0, 0.1) is 13.8 Å². The molecule has 5 aromatic rings. The normalized spacial score (nSPS) is 12.3. The van der Waals surface area contributed by atoms with E-state index in [0.29, 0.717) is 0 Å². The summed E-state index contributed by atoms with van der Waals surface area (Å²) < 4.78 is 2.43. The third-order valence-electron chi connectivity index (χ3n) is 4.66. The van der Waals surface area contributed by atoms with Gasteiger partial charge in [0.05, 0.1) is 16.6 Å². The highest BCUT2D eigenvalue weighted by atomic mass is 14.9. The molecule has 5 rings (SSSR count). The first-order valence-corrected chi connectivity index (χ1v) is 7.40. The summed E-state index contributed by atoms with van der Waals surface area (Å²) in [5, 5.41) is 5.48. The number of nitrogens with zero attached hydrogens (tertiary/aromatic N) is 1. The van der Waals surface area contributed by atoms with Crippen molar-refractivity contribution in [2.45, 2.75) is 13.8 Å². The van der Waals surface area contributed by atoms with Gasteiger partial charge < -0.3 is 4.40 Å². The molecule has 1 nitrogen and oxygen atoms in total. The molecule has 3 aromatic heterocycles. The summed E-state index contributed by atoms with van der Waals surface area (Å²) in [7, 11) is 0. The molecule has 0 N–H and O–H groups in total. The molecule has 0 saturated heterocycles. The molecule has 0 aliphatic carbocycles. The predicted octanol–water partition coefficient (Wildman–Crippen LogP) is 5.45. The van der Waals surface area contributed by atoms with Crippen LogP contribution in [0.1, 0.15) is 11.1 Å². The van der Waals surface area contributed by atoms with E-state index >= 15 is 0 Å². The standard InChI is InChI=1S/C20H15N/c1-12-10-13(2)19-16(11-12)20-15-7-4-3-6-14(15)17-8-5-9-18(19)21(17)20/h3-11H,1-2H3. The number of aryl methyl sites for hydroxylation is 2. The number of hydrogen-bond donors (Lipinski definition) is 0. The van der Waals surface area contributed by atoms with Gasteiger partial charge in [0.15, 0.2) is 0 Å². The number of benzene rings is 2. The van der Waals surface area contributed by atoms with Gasteiger partial charge in [-0.1, -0.05) is 42.0 Å². The maximum Gasteiger partial charge on any atom is 0.0620 e. The summed E-state index contributed by atoms with van der Waals surface area (Å²) >= 11 is 0. The first-order valence-electron chi connectivity index (χ1n) is 7.40. The Hall–Kier alpha value is -2.54. The zero-order valence-electron chi connectivity index (χ0n) is 12.1. The van der Waals surface area contributed by atoms with E-state index in [1.54, 1.807) is 0 Å². The van der Waals surface area contributed by atoms with Gasteiger partial charge in [-0.3, -0.25) is 0 Å². The predicted molar refractivity (Wildman–Crippen MR) is 90.6 cm³/mol. The Morgan fingerprint density at radius 2 is 1.48 bits per heavy atom. The maximum absolute atomic E-state index is 2.43. The molecular formula is C20H15N. The Morgan fingerprint density at radius 3 is 2.33 bits per heavy atom. The van der Waals surface area contributed by atoms with Gasteiger partial charge in [0.2, 0.25) is 0 Å². The molecule has 0 aliphatic rings. The first-order chi connectivity index (χ1) is 10.3. The van der Waals surface area contributed by atoms with E-state index in [0.717, 1.165) is 0 Å². The van der Waals surface area contributed by atoms with Crippen molar-refractivity contribution in [1.82, 2.24) is 4.40 Å². The molecule has 0 unspecified atom stereocenters. The molecule has 0 atom stereocenters.